The van der Waals surface area contributed by atoms with Gasteiger partial charge in [-0.3, -0.25) is 4.79 Å². The Morgan fingerprint density at radius 3 is 2.47 bits per heavy atom. The van der Waals surface area contributed by atoms with Crippen molar-refractivity contribution in [2.75, 3.05) is 21.3 Å². The third kappa shape index (κ3) is 3.99. The molecule has 1 aromatic heterocycles. The van der Waals surface area contributed by atoms with E-state index in [0.29, 0.717) is 29.8 Å². The third-order valence-corrected chi connectivity index (χ3v) is 5.40. The van der Waals surface area contributed by atoms with Gasteiger partial charge in [-0.2, -0.15) is 0 Å². The minimum atomic E-state index is -0.00112. The zero-order valence-corrected chi connectivity index (χ0v) is 17.5. The molecule has 1 fully saturated rings. The van der Waals surface area contributed by atoms with Crippen LogP contribution < -0.4 is 14.2 Å². The molecule has 1 heterocycles. The molecule has 6 nitrogen and oxygen atoms in total. The topological polar surface area (TPSA) is 63.8 Å². The number of nitrogens with zero attached hydrogens (tertiary/aromatic N) is 1. The maximum absolute atomic E-state index is 13.1. The summed E-state index contributed by atoms with van der Waals surface area (Å²) in [6.45, 7) is 0.596. The predicted octanol–water partition coefficient (Wildman–Crippen LogP) is 4.40. The molecule has 0 radical (unpaired) electrons. The van der Waals surface area contributed by atoms with E-state index in [2.05, 4.69) is 17.1 Å². The van der Waals surface area contributed by atoms with Crippen LogP contribution >= 0.6 is 0 Å². The lowest BCUT2D eigenvalue weighted by Gasteiger charge is -2.21. The van der Waals surface area contributed by atoms with Gasteiger partial charge >= 0.3 is 0 Å². The Kier molecular flexibility index (Phi) is 5.65. The molecule has 2 aromatic carbocycles. The number of carbonyl (C=O) groups excluding carboxylic acids is 1. The van der Waals surface area contributed by atoms with Crippen LogP contribution in [0.4, 0.5) is 0 Å². The van der Waals surface area contributed by atoms with Gasteiger partial charge in [-0.15, -0.1) is 0 Å². The number of nitrogens with one attached hydrogen (secondary N) is 1. The first-order valence-electron chi connectivity index (χ1n) is 9.98. The summed E-state index contributed by atoms with van der Waals surface area (Å²) in [6, 6.07) is 12.2. The first-order chi connectivity index (χ1) is 14.6. The number of benzene rings is 2. The molecule has 1 aliphatic carbocycles. The fraction of sp³-hybridized carbons (Fsp3) is 0.292. The van der Waals surface area contributed by atoms with Gasteiger partial charge in [0.2, 0.25) is 11.7 Å². The zero-order valence-electron chi connectivity index (χ0n) is 17.5. The summed E-state index contributed by atoms with van der Waals surface area (Å²) < 4.78 is 16.2. The van der Waals surface area contributed by atoms with E-state index in [1.54, 1.807) is 33.5 Å². The standard InChI is InChI=1S/C24H26N2O4/c1-28-21-13-16(14-22(29-2)24(21)30-3)7-10-23(27)26(18-8-9-18)15-17-5-4-6-20-19(17)11-12-25-20/h4-7,10-14,18,25H,8-9,15H2,1-3H3. The molecule has 1 N–H and O–H groups in total. The number of hydrogen-bond donors (Lipinski definition) is 1. The molecule has 0 bridgehead atoms. The van der Waals surface area contributed by atoms with E-state index < -0.39 is 0 Å². The second-order valence-corrected chi connectivity index (χ2v) is 7.35. The van der Waals surface area contributed by atoms with Crippen molar-refractivity contribution < 1.29 is 19.0 Å². The molecular formula is C24H26N2O4. The van der Waals surface area contributed by atoms with Crippen LogP contribution in [-0.4, -0.2) is 43.2 Å². The van der Waals surface area contributed by atoms with Crippen LogP contribution in [0.5, 0.6) is 17.2 Å². The Labute approximate surface area is 176 Å². The number of rotatable bonds is 8. The van der Waals surface area contributed by atoms with Gasteiger partial charge in [0.25, 0.3) is 0 Å². The fourth-order valence-electron chi connectivity index (χ4n) is 3.71. The van der Waals surface area contributed by atoms with E-state index in [9.17, 15) is 4.79 Å². The van der Waals surface area contributed by atoms with E-state index >= 15 is 0 Å². The van der Waals surface area contributed by atoms with Crippen LogP contribution in [0, 0.1) is 0 Å². The molecule has 4 rings (SSSR count). The molecule has 0 atom stereocenters. The SMILES string of the molecule is COc1cc(C=CC(=O)N(Cc2cccc3[nH]ccc23)C2CC2)cc(OC)c1OC. The molecule has 0 unspecified atom stereocenters. The van der Waals surface area contributed by atoms with Crippen LogP contribution in [0.3, 0.4) is 0 Å². The summed E-state index contributed by atoms with van der Waals surface area (Å²) in [5, 5.41) is 1.16. The highest BCUT2D eigenvalue weighted by Crippen LogP contribution is 2.38. The molecule has 1 saturated carbocycles. The Bertz CT molecular complexity index is 1060. The maximum Gasteiger partial charge on any atom is 0.247 e. The van der Waals surface area contributed by atoms with Gasteiger partial charge in [-0.1, -0.05) is 12.1 Å². The quantitative estimate of drug-likeness (QED) is 0.563. The smallest absolute Gasteiger partial charge is 0.247 e. The minimum Gasteiger partial charge on any atom is -0.493 e. The lowest BCUT2D eigenvalue weighted by molar-refractivity contribution is -0.127. The average Bonchev–Trinajstić information content (AvgIpc) is 3.50. The summed E-state index contributed by atoms with van der Waals surface area (Å²) in [4.78, 5) is 18.2. The number of amides is 1. The lowest BCUT2D eigenvalue weighted by Crippen LogP contribution is -2.31. The highest BCUT2D eigenvalue weighted by atomic mass is 16.5. The predicted molar refractivity (Wildman–Crippen MR) is 117 cm³/mol. The minimum absolute atomic E-state index is 0.00112. The van der Waals surface area contributed by atoms with Crippen molar-refractivity contribution >= 4 is 22.9 Å². The average molecular weight is 406 g/mol. The first-order valence-corrected chi connectivity index (χ1v) is 9.98. The Balaban J connectivity index is 1.57. The van der Waals surface area contributed by atoms with Crippen molar-refractivity contribution in [2.24, 2.45) is 0 Å². The summed E-state index contributed by atoms with van der Waals surface area (Å²) in [7, 11) is 4.72. The lowest BCUT2D eigenvalue weighted by atomic mass is 10.1. The van der Waals surface area contributed by atoms with Crippen LogP contribution in [0.2, 0.25) is 0 Å². The van der Waals surface area contributed by atoms with Crippen molar-refractivity contribution in [3.63, 3.8) is 0 Å². The fourth-order valence-corrected chi connectivity index (χ4v) is 3.71. The molecule has 1 aliphatic rings. The van der Waals surface area contributed by atoms with Crippen LogP contribution in [0.15, 0.2) is 48.7 Å². The van der Waals surface area contributed by atoms with Gasteiger partial charge in [-0.25, -0.2) is 0 Å². The summed E-state index contributed by atoms with van der Waals surface area (Å²) >= 11 is 0. The highest BCUT2D eigenvalue weighted by molar-refractivity contribution is 5.93. The number of aromatic nitrogens is 1. The van der Waals surface area contributed by atoms with E-state index in [1.807, 2.05) is 35.4 Å². The van der Waals surface area contributed by atoms with E-state index in [0.717, 1.165) is 34.9 Å². The van der Waals surface area contributed by atoms with Crippen molar-refractivity contribution in [3.8, 4) is 17.2 Å². The van der Waals surface area contributed by atoms with Gasteiger partial charge in [0.15, 0.2) is 11.5 Å². The normalized spacial score (nSPS) is 13.6. The first kappa shape index (κ1) is 19.9. The van der Waals surface area contributed by atoms with E-state index in [-0.39, 0.29) is 5.91 Å². The number of methoxy groups -OCH3 is 3. The Morgan fingerprint density at radius 1 is 1.10 bits per heavy atom. The highest BCUT2D eigenvalue weighted by Gasteiger charge is 2.31. The van der Waals surface area contributed by atoms with Gasteiger partial charge in [0, 0.05) is 35.8 Å². The van der Waals surface area contributed by atoms with Gasteiger partial charge in [0.05, 0.1) is 21.3 Å². The van der Waals surface area contributed by atoms with Gasteiger partial charge < -0.3 is 24.1 Å². The van der Waals surface area contributed by atoms with Crippen LogP contribution in [-0.2, 0) is 11.3 Å². The number of fused-ring (bicyclic) bond motifs is 1. The molecule has 30 heavy (non-hydrogen) atoms. The summed E-state index contributed by atoms with van der Waals surface area (Å²) in [6.07, 6.45) is 7.44. The summed E-state index contributed by atoms with van der Waals surface area (Å²) in [5.74, 6) is 1.64. The molecule has 0 spiro atoms. The molecule has 156 valence electrons. The second-order valence-electron chi connectivity index (χ2n) is 7.35. The molecule has 3 aromatic rings. The third-order valence-electron chi connectivity index (χ3n) is 5.40. The maximum atomic E-state index is 13.1. The molecular weight excluding hydrogens is 380 g/mol. The van der Waals surface area contributed by atoms with E-state index in [1.165, 1.54) is 0 Å². The second kappa shape index (κ2) is 8.53. The number of H-pyrrole nitrogens is 1. The summed E-state index contributed by atoms with van der Waals surface area (Å²) in [5.41, 5.74) is 3.04. The van der Waals surface area contributed by atoms with E-state index in [4.69, 9.17) is 14.2 Å². The largest absolute Gasteiger partial charge is 0.493 e. The molecule has 0 saturated heterocycles. The van der Waals surface area contributed by atoms with Crippen molar-refractivity contribution in [1.82, 2.24) is 9.88 Å². The van der Waals surface area contributed by atoms with Crippen molar-refractivity contribution in [1.29, 1.82) is 0 Å². The zero-order chi connectivity index (χ0) is 21.1. The number of hydrogen-bond acceptors (Lipinski definition) is 4. The number of carbonyl (C=O) groups is 1. The molecule has 0 aliphatic heterocycles. The Hall–Kier alpha value is -3.41. The number of aromatic amines is 1. The van der Waals surface area contributed by atoms with Crippen molar-refractivity contribution in [2.45, 2.75) is 25.4 Å². The van der Waals surface area contributed by atoms with Gasteiger partial charge in [-0.05, 0) is 54.3 Å². The van der Waals surface area contributed by atoms with Crippen molar-refractivity contribution in [3.05, 3.63) is 59.8 Å². The monoisotopic (exact) mass is 406 g/mol. The van der Waals surface area contributed by atoms with Gasteiger partial charge in [0.1, 0.15) is 0 Å². The van der Waals surface area contributed by atoms with Crippen LogP contribution in [0.1, 0.15) is 24.0 Å². The molecule has 1 amide bonds. The van der Waals surface area contributed by atoms with Crippen LogP contribution in [0.25, 0.3) is 17.0 Å². The molecule has 6 heteroatoms. The number of ether oxygens (including phenoxy) is 3. The Morgan fingerprint density at radius 2 is 1.83 bits per heavy atom.